The summed E-state index contributed by atoms with van der Waals surface area (Å²) < 4.78 is 27.7. The van der Waals surface area contributed by atoms with Gasteiger partial charge >= 0.3 is 0 Å². The van der Waals surface area contributed by atoms with Gasteiger partial charge in [-0.05, 0) is 48.4 Å². The molecule has 22 heavy (non-hydrogen) atoms. The normalized spacial score (nSPS) is 13.4. The highest BCUT2D eigenvalue weighted by Crippen LogP contribution is 2.18. The molecule has 0 amide bonds. The Bertz CT molecular complexity index is 756. The van der Waals surface area contributed by atoms with Crippen LogP contribution >= 0.6 is 27.5 Å². The molecular formula is C16H15BrClNO2S. The maximum Gasteiger partial charge on any atom is 0.234 e. The van der Waals surface area contributed by atoms with Crippen LogP contribution in [0.1, 0.15) is 24.1 Å². The predicted octanol–water partition coefficient (Wildman–Crippen LogP) is 4.75. The first-order chi connectivity index (χ1) is 10.4. The van der Waals surface area contributed by atoms with Gasteiger partial charge in [0.25, 0.3) is 0 Å². The van der Waals surface area contributed by atoms with Crippen LogP contribution in [0.5, 0.6) is 0 Å². The fraction of sp³-hybridized carbons (Fsp3) is 0.125. The molecule has 0 heterocycles. The fourth-order valence-corrected chi connectivity index (χ4v) is 3.28. The molecule has 0 radical (unpaired) electrons. The van der Waals surface area contributed by atoms with Crippen LogP contribution < -0.4 is 4.72 Å². The largest absolute Gasteiger partial charge is 0.234 e. The minimum absolute atomic E-state index is 0.312. The Balaban J connectivity index is 2.07. The first-order valence-corrected chi connectivity index (χ1v) is 9.29. The lowest BCUT2D eigenvalue weighted by Gasteiger charge is -2.12. The first kappa shape index (κ1) is 17.2. The van der Waals surface area contributed by atoms with E-state index >= 15 is 0 Å². The van der Waals surface area contributed by atoms with Crippen molar-refractivity contribution < 1.29 is 8.42 Å². The Morgan fingerprint density at radius 2 is 1.68 bits per heavy atom. The molecule has 0 spiro atoms. The molecule has 0 saturated heterocycles. The zero-order valence-corrected chi connectivity index (χ0v) is 15.0. The molecule has 2 rings (SSSR count). The second-order valence-corrected chi connectivity index (χ2v) is 7.74. The van der Waals surface area contributed by atoms with Gasteiger partial charge < -0.3 is 0 Å². The van der Waals surface area contributed by atoms with Crippen molar-refractivity contribution in [3.8, 4) is 0 Å². The van der Waals surface area contributed by atoms with E-state index in [2.05, 4.69) is 20.7 Å². The van der Waals surface area contributed by atoms with Crippen molar-refractivity contribution in [2.45, 2.75) is 13.0 Å². The lowest BCUT2D eigenvalue weighted by Crippen LogP contribution is -2.24. The van der Waals surface area contributed by atoms with Crippen molar-refractivity contribution in [2.75, 3.05) is 0 Å². The number of rotatable bonds is 5. The minimum Gasteiger partial charge on any atom is -0.208 e. The van der Waals surface area contributed by atoms with Gasteiger partial charge in [0.15, 0.2) is 0 Å². The minimum atomic E-state index is -3.52. The third-order valence-electron chi connectivity index (χ3n) is 3.02. The summed E-state index contributed by atoms with van der Waals surface area (Å²) in [6, 6.07) is 14.1. The average Bonchev–Trinajstić information content (AvgIpc) is 2.47. The number of hydrogen-bond acceptors (Lipinski definition) is 2. The van der Waals surface area contributed by atoms with Gasteiger partial charge in [-0.3, -0.25) is 0 Å². The van der Waals surface area contributed by atoms with E-state index in [9.17, 15) is 8.42 Å². The van der Waals surface area contributed by atoms with E-state index in [0.29, 0.717) is 5.02 Å². The van der Waals surface area contributed by atoms with Crippen LogP contribution in [-0.2, 0) is 10.0 Å². The van der Waals surface area contributed by atoms with Gasteiger partial charge in [0, 0.05) is 20.9 Å². The molecule has 0 aliphatic heterocycles. The standard InChI is InChI=1S/C16H15BrClNO2S/c1-12(14-4-6-15(17)7-5-14)19-22(20,21)11-10-13-2-8-16(18)9-3-13/h2-12,19H,1H3/b11-10+/t12-/m1/s1. The van der Waals surface area contributed by atoms with E-state index in [1.165, 1.54) is 6.08 Å². The van der Waals surface area contributed by atoms with Gasteiger partial charge in [0.2, 0.25) is 10.0 Å². The summed E-state index contributed by atoms with van der Waals surface area (Å²) in [6.45, 7) is 1.80. The number of halogens is 2. The monoisotopic (exact) mass is 399 g/mol. The van der Waals surface area contributed by atoms with Gasteiger partial charge in [-0.15, -0.1) is 0 Å². The molecule has 0 aliphatic carbocycles. The quantitative estimate of drug-likeness (QED) is 0.787. The van der Waals surface area contributed by atoms with Gasteiger partial charge in [0.1, 0.15) is 0 Å². The number of hydrogen-bond donors (Lipinski definition) is 1. The molecule has 0 fully saturated rings. The van der Waals surface area contributed by atoms with E-state index in [4.69, 9.17) is 11.6 Å². The summed E-state index contributed by atoms with van der Waals surface area (Å²) in [7, 11) is -3.52. The second kappa shape index (κ2) is 7.42. The Kier molecular flexibility index (Phi) is 5.81. The molecule has 0 aliphatic rings. The van der Waals surface area contributed by atoms with Crippen molar-refractivity contribution in [1.82, 2.24) is 4.72 Å². The molecular weight excluding hydrogens is 386 g/mol. The SMILES string of the molecule is C[C@@H](NS(=O)(=O)/C=C/c1ccc(Cl)cc1)c1ccc(Br)cc1. The summed E-state index contributed by atoms with van der Waals surface area (Å²) in [5.41, 5.74) is 1.66. The van der Waals surface area contributed by atoms with Crippen LogP contribution in [0, 0.1) is 0 Å². The Morgan fingerprint density at radius 1 is 1.09 bits per heavy atom. The van der Waals surface area contributed by atoms with Crippen molar-refractivity contribution in [2.24, 2.45) is 0 Å². The highest BCUT2D eigenvalue weighted by Gasteiger charge is 2.12. The molecule has 116 valence electrons. The van der Waals surface area contributed by atoms with Gasteiger partial charge in [-0.2, -0.15) is 0 Å². The van der Waals surface area contributed by atoms with Crippen molar-refractivity contribution in [1.29, 1.82) is 0 Å². The third kappa shape index (κ3) is 5.25. The molecule has 6 heteroatoms. The average molecular weight is 401 g/mol. The number of sulfonamides is 1. The maximum atomic E-state index is 12.1. The maximum absolute atomic E-state index is 12.1. The summed E-state index contributed by atoms with van der Waals surface area (Å²) >= 11 is 9.14. The van der Waals surface area contributed by atoms with Crippen LogP contribution in [0.15, 0.2) is 58.4 Å². The van der Waals surface area contributed by atoms with Crippen LogP contribution in [0.25, 0.3) is 6.08 Å². The van der Waals surface area contributed by atoms with Crippen molar-refractivity contribution >= 4 is 43.6 Å². The van der Waals surface area contributed by atoms with Crippen molar-refractivity contribution in [3.63, 3.8) is 0 Å². The molecule has 0 bridgehead atoms. The molecule has 0 unspecified atom stereocenters. The van der Waals surface area contributed by atoms with E-state index < -0.39 is 10.0 Å². The van der Waals surface area contributed by atoms with Gasteiger partial charge in [-0.25, -0.2) is 13.1 Å². The first-order valence-electron chi connectivity index (χ1n) is 6.57. The van der Waals surface area contributed by atoms with Crippen LogP contribution in [0.3, 0.4) is 0 Å². The topological polar surface area (TPSA) is 46.2 Å². The summed E-state index contributed by atoms with van der Waals surface area (Å²) in [6.07, 6.45) is 1.53. The van der Waals surface area contributed by atoms with Gasteiger partial charge in [0.05, 0.1) is 0 Å². The highest BCUT2D eigenvalue weighted by atomic mass is 79.9. The summed E-state index contributed by atoms with van der Waals surface area (Å²) in [5.74, 6) is 0. The van der Waals surface area contributed by atoms with E-state index in [1.54, 1.807) is 31.2 Å². The van der Waals surface area contributed by atoms with E-state index in [1.807, 2.05) is 24.3 Å². The lowest BCUT2D eigenvalue weighted by atomic mass is 10.1. The van der Waals surface area contributed by atoms with Gasteiger partial charge in [-0.1, -0.05) is 51.8 Å². The van der Waals surface area contributed by atoms with Crippen LogP contribution in [0.4, 0.5) is 0 Å². The lowest BCUT2D eigenvalue weighted by molar-refractivity contribution is 0.576. The predicted molar refractivity (Wildman–Crippen MR) is 95.1 cm³/mol. The zero-order valence-electron chi connectivity index (χ0n) is 11.8. The third-order valence-corrected chi connectivity index (χ3v) is 4.98. The fourth-order valence-electron chi connectivity index (χ4n) is 1.85. The summed E-state index contributed by atoms with van der Waals surface area (Å²) in [4.78, 5) is 0. The second-order valence-electron chi connectivity index (χ2n) is 4.79. The highest BCUT2D eigenvalue weighted by molar-refractivity contribution is 9.10. The van der Waals surface area contributed by atoms with Crippen molar-refractivity contribution in [3.05, 3.63) is 74.6 Å². The Morgan fingerprint density at radius 3 is 2.27 bits per heavy atom. The van der Waals surface area contributed by atoms with E-state index in [-0.39, 0.29) is 6.04 Å². The number of benzene rings is 2. The zero-order chi connectivity index (χ0) is 16.2. The number of nitrogens with one attached hydrogen (secondary N) is 1. The molecule has 0 saturated carbocycles. The molecule has 1 N–H and O–H groups in total. The molecule has 0 aromatic heterocycles. The Labute approximate surface area is 144 Å². The molecule has 3 nitrogen and oxygen atoms in total. The van der Waals surface area contributed by atoms with E-state index in [0.717, 1.165) is 21.0 Å². The molecule has 1 atom stereocenters. The molecule has 2 aromatic rings. The van der Waals surface area contributed by atoms with Crippen LogP contribution in [0.2, 0.25) is 5.02 Å². The summed E-state index contributed by atoms with van der Waals surface area (Å²) in [5, 5.41) is 1.77. The molecule has 2 aromatic carbocycles. The van der Waals surface area contributed by atoms with Crippen LogP contribution in [-0.4, -0.2) is 8.42 Å². The smallest absolute Gasteiger partial charge is 0.208 e. The Hall–Kier alpha value is -1.14.